The fourth-order valence-electron chi connectivity index (χ4n) is 3.43. The normalized spacial score (nSPS) is 20.7. The van der Waals surface area contributed by atoms with Crippen LogP contribution in [-0.4, -0.2) is 32.5 Å². The molecular formula is C17H22N4O3. The molecule has 1 aliphatic carbocycles. The van der Waals surface area contributed by atoms with Gasteiger partial charge in [0.05, 0.1) is 0 Å². The third-order valence-electron chi connectivity index (χ3n) is 4.97. The van der Waals surface area contributed by atoms with Gasteiger partial charge in [-0.1, -0.05) is 6.92 Å². The van der Waals surface area contributed by atoms with E-state index in [4.69, 9.17) is 5.26 Å². The standard InChI is InChI=1S/C17H22N4O3/c1-2-13-5-3-4-8-19(13)15(22)11-21-16(23)12(9-18)10-20(17(21)24)14-6-7-14/h10,13-14H,2-8,11H2,1H3. The summed E-state index contributed by atoms with van der Waals surface area (Å²) in [5.74, 6) is -0.210. The van der Waals surface area contributed by atoms with E-state index in [1.54, 1.807) is 4.90 Å². The number of nitriles is 1. The van der Waals surface area contributed by atoms with Gasteiger partial charge in [0.15, 0.2) is 0 Å². The lowest BCUT2D eigenvalue weighted by Crippen LogP contribution is -2.49. The second kappa shape index (κ2) is 6.63. The first-order valence-electron chi connectivity index (χ1n) is 8.62. The van der Waals surface area contributed by atoms with Gasteiger partial charge in [-0.15, -0.1) is 0 Å². The maximum Gasteiger partial charge on any atom is 0.331 e. The van der Waals surface area contributed by atoms with Crippen LogP contribution in [0.4, 0.5) is 0 Å². The lowest BCUT2D eigenvalue weighted by Gasteiger charge is -2.35. The Morgan fingerprint density at radius 3 is 2.67 bits per heavy atom. The lowest BCUT2D eigenvalue weighted by molar-refractivity contribution is -0.135. The van der Waals surface area contributed by atoms with Gasteiger partial charge in [-0.3, -0.25) is 14.2 Å². The number of likely N-dealkylation sites (tertiary alicyclic amines) is 1. The lowest BCUT2D eigenvalue weighted by atomic mass is 10.00. The van der Waals surface area contributed by atoms with Crippen LogP contribution in [0.25, 0.3) is 0 Å². The van der Waals surface area contributed by atoms with Crippen LogP contribution in [0.1, 0.15) is 57.1 Å². The third kappa shape index (κ3) is 3.01. The monoisotopic (exact) mass is 330 g/mol. The van der Waals surface area contributed by atoms with Crippen LogP contribution in [0.15, 0.2) is 15.8 Å². The summed E-state index contributed by atoms with van der Waals surface area (Å²) < 4.78 is 2.36. The Morgan fingerprint density at radius 2 is 2.04 bits per heavy atom. The van der Waals surface area contributed by atoms with Gasteiger partial charge < -0.3 is 4.90 Å². The van der Waals surface area contributed by atoms with Crippen LogP contribution in [0, 0.1) is 11.3 Å². The Balaban J connectivity index is 1.93. The summed E-state index contributed by atoms with van der Waals surface area (Å²) in [6.07, 6.45) is 6.93. The zero-order chi connectivity index (χ0) is 17.3. The predicted octanol–water partition coefficient (Wildman–Crippen LogP) is 1.01. The minimum Gasteiger partial charge on any atom is -0.338 e. The first kappa shape index (κ1) is 16.5. The Labute approximate surface area is 140 Å². The zero-order valence-corrected chi connectivity index (χ0v) is 13.9. The molecular weight excluding hydrogens is 308 g/mol. The molecule has 0 aromatic carbocycles. The van der Waals surface area contributed by atoms with Crippen molar-refractivity contribution in [2.75, 3.05) is 6.54 Å². The molecule has 0 bridgehead atoms. The Kier molecular flexibility index (Phi) is 4.56. The van der Waals surface area contributed by atoms with Gasteiger partial charge in [0, 0.05) is 24.8 Å². The third-order valence-corrected chi connectivity index (χ3v) is 4.97. The smallest absolute Gasteiger partial charge is 0.331 e. The van der Waals surface area contributed by atoms with Crippen LogP contribution in [0.5, 0.6) is 0 Å². The van der Waals surface area contributed by atoms with Gasteiger partial charge in [0.25, 0.3) is 5.56 Å². The molecule has 1 saturated heterocycles. The van der Waals surface area contributed by atoms with Crippen molar-refractivity contribution in [1.29, 1.82) is 5.26 Å². The first-order chi connectivity index (χ1) is 11.6. The molecule has 0 N–H and O–H groups in total. The van der Waals surface area contributed by atoms with E-state index in [9.17, 15) is 14.4 Å². The Hall–Kier alpha value is -2.36. The molecule has 128 valence electrons. The number of aromatic nitrogens is 2. The Bertz CT molecular complexity index is 798. The molecule has 2 fully saturated rings. The fourth-order valence-corrected chi connectivity index (χ4v) is 3.43. The molecule has 1 aliphatic heterocycles. The average Bonchev–Trinajstić information content (AvgIpc) is 3.43. The quantitative estimate of drug-likeness (QED) is 0.824. The maximum absolute atomic E-state index is 12.7. The predicted molar refractivity (Wildman–Crippen MR) is 87.6 cm³/mol. The number of rotatable bonds is 4. The number of nitrogens with zero attached hydrogens (tertiary/aromatic N) is 4. The van der Waals surface area contributed by atoms with Crippen LogP contribution in [0.2, 0.25) is 0 Å². The molecule has 7 heteroatoms. The first-order valence-corrected chi connectivity index (χ1v) is 8.62. The van der Waals surface area contributed by atoms with E-state index in [0.717, 1.165) is 43.1 Å². The van der Waals surface area contributed by atoms with Crippen molar-refractivity contribution in [3.63, 3.8) is 0 Å². The van der Waals surface area contributed by atoms with Crippen molar-refractivity contribution in [3.05, 3.63) is 32.6 Å². The molecule has 7 nitrogen and oxygen atoms in total. The molecule has 1 saturated carbocycles. The van der Waals surface area contributed by atoms with Crippen LogP contribution in [-0.2, 0) is 11.3 Å². The molecule has 1 amide bonds. The number of carbonyl (C=O) groups excluding carboxylic acids is 1. The van der Waals surface area contributed by atoms with E-state index < -0.39 is 11.2 Å². The Morgan fingerprint density at radius 1 is 1.29 bits per heavy atom. The maximum atomic E-state index is 12.7. The minimum absolute atomic E-state index is 0.0462. The summed E-state index contributed by atoms with van der Waals surface area (Å²) in [6, 6.07) is 2.06. The fraction of sp³-hybridized carbons (Fsp3) is 0.647. The second-order valence-corrected chi connectivity index (χ2v) is 6.61. The molecule has 2 heterocycles. The largest absolute Gasteiger partial charge is 0.338 e. The molecule has 1 aromatic heterocycles. The SMILES string of the molecule is CCC1CCCCN1C(=O)Cn1c(=O)c(C#N)cn(C2CC2)c1=O. The van der Waals surface area contributed by atoms with Crippen molar-refractivity contribution in [2.24, 2.45) is 0 Å². The second-order valence-electron chi connectivity index (χ2n) is 6.61. The van der Waals surface area contributed by atoms with Crippen molar-refractivity contribution in [2.45, 2.75) is 64.1 Å². The van der Waals surface area contributed by atoms with E-state index in [2.05, 4.69) is 0 Å². The van der Waals surface area contributed by atoms with Crippen LogP contribution >= 0.6 is 0 Å². The van der Waals surface area contributed by atoms with Gasteiger partial charge >= 0.3 is 5.69 Å². The number of hydrogen-bond donors (Lipinski definition) is 0. The topological polar surface area (TPSA) is 88.1 Å². The summed E-state index contributed by atoms with van der Waals surface area (Å²) in [7, 11) is 0. The summed E-state index contributed by atoms with van der Waals surface area (Å²) in [5, 5.41) is 9.15. The highest BCUT2D eigenvalue weighted by molar-refractivity contribution is 5.76. The van der Waals surface area contributed by atoms with Gasteiger partial charge in [0.2, 0.25) is 5.91 Å². The number of carbonyl (C=O) groups is 1. The summed E-state index contributed by atoms with van der Waals surface area (Å²) in [5.41, 5.74) is -1.24. The molecule has 0 radical (unpaired) electrons. The van der Waals surface area contributed by atoms with Gasteiger partial charge in [0.1, 0.15) is 18.2 Å². The molecule has 24 heavy (non-hydrogen) atoms. The van der Waals surface area contributed by atoms with Crippen molar-refractivity contribution < 1.29 is 4.79 Å². The van der Waals surface area contributed by atoms with E-state index in [1.165, 1.54) is 10.8 Å². The van der Waals surface area contributed by atoms with Gasteiger partial charge in [-0.05, 0) is 38.5 Å². The van der Waals surface area contributed by atoms with E-state index in [1.807, 2.05) is 13.0 Å². The van der Waals surface area contributed by atoms with Crippen molar-refractivity contribution in [3.8, 4) is 6.07 Å². The molecule has 1 unspecified atom stereocenters. The van der Waals surface area contributed by atoms with Crippen molar-refractivity contribution >= 4 is 5.91 Å². The minimum atomic E-state index is -0.669. The van der Waals surface area contributed by atoms with E-state index >= 15 is 0 Å². The molecule has 0 spiro atoms. The van der Waals surface area contributed by atoms with E-state index in [-0.39, 0.29) is 30.1 Å². The molecule has 1 atom stereocenters. The zero-order valence-electron chi connectivity index (χ0n) is 13.9. The number of piperidine rings is 1. The highest BCUT2D eigenvalue weighted by Gasteiger charge is 2.29. The molecule has 2 aliphatic rings. The van der Waals surface area contributed by atoms with Crippen LogP contribution < -0.4 is 11.2 Å². The van der Waals surface area contributed by atoms with Crippen molar-refractivity contribution in [1.82, 2.24) is 14.0 Å². The molecule has 1 aromatic rings. The van der Waals surface area contributed by atoms with Gasteiger partial charge in [-0.2, -0.15) is 5.26 Å². The van der Waals surface area contributed by atoms with E-state index in [0.29, 0.717) is 6.54 Å². The van der Waals surface area contributed by atoms with Crippen LogP contribution in [0.3, 0.4) is 0 Å². The highest BCUT2D eigenvalue weighted by atomic mass is 16.2. The summed E-state index contributed by atoms with van der Waals surface area (Å²) in [4.78, 5) is 39.4. The van der Waals surface area contributed by atoms with Gasteiger partial charge in [-0.25, -0.2) is 9.36 Å². The summed E-state index contributed by atoms with van der Waals surface area (Å²) >= 11 is 0. The highest BCUT2D eigenvalue weighted by Crippen LogP contribution is 2.33. The number of amides is 1. The summed E-state index contributed by atoms with van der Waals surface area (Å²) in [6.45, 7) is 2.43. The average molecular weight is 330 g/mol. The number of hydrogen-bond acceptors (Lipinski definition) is 4. The molecule has 3 rings (SSSR count).